The Bertz CT molecular complexity index is 1140. The van der Waals surface area contributed by atoms with Crippen molar-refractivity contribution in [1.82, 2.24) is 4.90 Å². The molecule has 5 nitrogen and oxygen atoms in total. The first-order chi connectivity index (χ1) is 16.1. The molecule has 1 amide bonds. The van der Waals surface area contributed by atoms with Gasteiger partial charge in [0.1, 0.15) is 5.75 Å². The van der Waals surface area contributed by atoms with E-state index < -0.39 is 0 Å². The first kappa shape index (κ1) is 22.3. The van der Waals surface area contributed by atoms with Crippen LogP contribution in [0.2, 0.25) is 5.02 Å². The van der Waals surface area contributed by atoms with E-state index in [0.717, 1.165) is 49.0 Å². The second-order valence-corrected chi connectivity index (χ2v) is 10.2. The van der Waals surface area contributed by atoms with Crippen molar-refractivity contribution in [2.75, 3.05) is 43.5 Å². The van der Waals surface area contributed by atoms with Gasteiger partial charge in [0.25, 0.3) is 0 Å². The fourth-order valence-electron chi connectivity index (χ4n) is 4.61. The Morgan fingerprint density at radius 3 is 2.64 bits per heavy atom. The number of rotatable bonds is 6. The lowest BCUT2D eigenvalue weighted by Crippen LogP contribution is -2.31. The van der Waals surface area contributed by atoms with Crippen molar-refractivity contribution in [3.8, 4) is 16.2 Å². The molecule has 2 aliphatic heterocycles. The summed E-state index contributed by atoms with van der Waals surface area (Å²) >= 11 is 7.90. The second kappa shape index (κ2) is 9.75. The topological polar surface area (TPSA) is 44.8 Å². The molecule has 33 heavy (non-hydrogen) atoms. The van der Waals surface area contributed by atoms with Gasteiger partial charge in [-0.25, -0.2) is 0 Å². The zero-order valence-corrected chi connectivity index (χ0v) is 20.3. The summed E-state index contributed by atoms with van der Waals surface area (Å²) in [5.74, 6) is 0.708. The summed E-state index contributed by atoms with van der Waals surface area (Å²) in [5, 5.41) is 3.79. The number of nitrogens with one attached hydrogen (secondary N) is 1. The molecule has 2 aromatic carbocycles. The van der Waals surface area contributed by atoms with Crippen LogP contribution < -0.4 is 15.0 Å². The van der Waals surface area contributed by atoms with Crippen LogP contribution in [0.15, 0.2) is 48.5 Å². The zero-order valence-electron chi connectivity index (χ0n) is 18.8. The number of hydrogen-bond donors (Lipinski definition) is 1. The van der Waals surface area contributed by atoms with E-state index in [2.05, 4.69) is 39.4 Å². The predicted molar refractivity (Wildman–Crippen MR) is 137 cm³/mol. The van der Waals surface area contributed by atoms with E-state index in [1.165, 1.54) is 33.7 Å². The lowest BCUT2D eigenvalue weighted by molar-refractivity contribution is -0.117. The number of halogens is 1. The standard InChI is InChI=1S/C26H28ClN3O2S/c1-32-23-15-21(8-9-22(23)28-26(31)17-29-11-2-3-12-29)30-13-10-19-14-24(33-25(19)16-30)18-4-6-20(27)7-5-18/h4-9,14-15H,2-3,10-13,16-17H2,1H3,(H,28,31). The van der Waals surface area contributed by atoms with Crippen molar-refractivity contribution in [2.45, 2.75) is 25.8 Å². The maximum absolute atomic E-state index is 12.5. The van der Waals surface area contributed by atoms with Crippen LogP contribution in [-0.4, -0.2) is 44.1 Å². The monoisotopic (exact) mass is 481 g/mol. The highest BCUT2D eigenvalue weighted by atomic mass is 35.5. The molecule has 0 radical (unpaired) electrons. The number of carbonyl (C=O) groups excluding carboxylic acids is 1. The predicted octanol–water partition coefficient (Wildman–Crippen LogP) is 5.67. The SMILES string of the molecule is COc1cc(N2CCc3cc(-c4ccc(Cl)cc4)sc3C2)ccc1NC(=O)CN1CCCC1. The van der Waals surface area contributed by atoms with Crippen molar-refractivity contribution in [3.05, 3.63) is 64.0 Å². The van der Waals surface area contributed by atoms with Crippen LogP contribution in [0.4, 0.5) is 11.4 Å². The van der Waals surface area contributed by atoms with Gasteiger partial charge < -0.3 is 15.0 Å². The molecular formula is C26H28ClN3O2S. The van der Waals surface area contributed by atoms with Crippen molar-refractivity contribution < 1.29 is 9.53 Å². The van der Waals surface area contributed by atoms with E-state index in [1.54, 1.807) is 7.11 Å². The van der Waals surface area contributed by atoms with Crippen molar-refractivity contribution in [2.24, 2.45) is 0 Å². The lowest BCUT2D eigenvalue weighted by Gasteiger charge is -2.29. The Morgan fingerprint density at radius 2 is 1.88 bits per heavy atom. The first-order valence-corrected chi connectivity index (χ1v) is 12.6. The largest absolute Gasteiger partial charge is 0.494 e. The van der Waals surface area contributed by atoms with Crippen molar-refractivity contribution in [3.63, 3.8) is 0 Å². The third-order valence-electron chi connectivity index (χ3n) is 6.40. The molecule has 2 aliphatic rings. The maximum atomic E-state index is 12.5. The highest BCUT2D eigenvalue weighted by Crippen LogP contribution is 2.38. The Kier molecular flexibility index (Phi) is 6.58. The Morgan fingerprint density at radius 1 is 1.09 bits per heavy atom. The van der Waals surface area contributed by atoms with Gasteiger partial charge in [-0.1, -0.05) is 23.7 Å². The van der Waals surface area contributed by atoms with Gasteiger partial charge in [0.15, 0.2) is 0 Å². The molecular weight excluding hydrogens is 454 g/mol. The zero-order chi connectivity index (χ0) is 22.8. The van der Waals surface area contributed by atoms with Gasteiger partial charge in [-0.2, -0.15) is 0 Å². The molecule has 3 heterocycles. The minimum absolute atomic E-state index is 0.0129. The van der Waals surface area contributed by atoms with Crippen molar-refractivity contribution >= 4 is 40.2 Å². The highest BCUT2D eigenvalue weighted by molar-refractivity contribution is 7.15. The minimum Gasteiger partial charge on any atom is -0.494 e. The highest BCUT2D eigenvalue weighted by Gasteiger charge is 2.22. The van der Waals surface area contributed by atoms with Gasteiger partial charge in [0, 0.05) is 33.1 Å². The van der Waals surface area contributed by atoms with Gasteiger partial charge in [-0.05, 0) is 73.8 Å². The number of carbonyl (C=O) groups is 1. The van der Waals surface area contributed by atoms with E-state index in [0.29, 0.717) is 12.3 Å². The third-order valence-corrected chi connectivity index (χ3v) is 7.86. The van der Waals surface area contributed by atoms with Gasteiger partial charge in [-0.3, -0.25) is 9.69 Å². The number of anilines is 2. The molecule has 0 unspecified atom stereocenters. The van der Waals surface area contributed by atoms with Crippen LogP contribution in [0.1, 0.15) is 23.3 Å². The summed E-state index contributed by atoms with van der Waals surface area (Å²) < 4.78 is 5.63. The Hall–Kier alpha value is -2.54. The van der Waals surface area contributed by atoms with Crippen molar-refractivity contribution in [1.29, 1.82) is 0 Å². The quantitative estimate of drug-likeness (QED) is 0.492. The van der Waals surface area contributed by atoms with Crippen LogP contribution in [-0.2, 0) is 17.8 Å². The normalized spacial score (nSPS) is 16.0. The second-order valence-electron chi connectivity index (χ2n) is 8.65. The number of methoxy groups -OCH3 is 1. The maximum Gasteiger partial charge on any atom is 0.238 e. The van der Waals surface area contributed by atoms with E-state index >= 15 is 0 Å². The molecule has 3 aromatic rings. The number of amides is 1. The van der Waals surface area contributed by atoms with E-state index in [9.17, 15) is 4.79 Å². The van der Waals surface area contributed by atoms with Crippen LogP contribution in [0.3, 0.4) is 0 Å². The summed E-state index contributed by atoms with van der Waals surface area (Å²) in [6, 6.07) is 16.4. The fourth-order valence-corrected chi connectivity index (χ4v) is 5.97. The van der Waals surface area contributed by atoms with Gasteiger partial charge in [0.05, 0.1) is 25.9 Å². The number of benzene rings is 2. The Labute approximate surface area is 203 Å². The molecule has 0 spiro atoms. The van der Waals surface area contributed by atoms with Crippen LogP contribution in [0.5, 0.6) is 5.75 Å². The molecule has 172 valence electrons. The fraction of sp³-hybridized carbons (Fsp3) is 0.346. The molecule has 1 aromatic heterocycles. The summed E-state index contributed by atoms with van der Waals surface area (Å²) in [6.07, 6.45) is 3.36. The number of ether oxygens (including phenoxy) is 1. The van der Waals surface area contributed by atoms with E-state index in [-0.39, 0.29) is 5.91 Å². The molecule has 1 fully saturated rings. The molecule has 0 atom stereocenters. The number of hydrogen-bond acceptors (Lipinski definition) is 5. The lowest BCUT2D eigenvalue weighted by atomic mass is 10.1. The smallest absolute Gasteiger partial charge is 0.238 e. The average molecular weight is 482 g/mol. The molecule has 1 saturated heterocycles. The molecule has 0 saturated carbocycles. The molecule has 0 aliphatic carbocycles. The summed E-state index contributed by atoms with van der Waals surface area (Å²) in [4.78, 5) is 19.7. The van der Waals surface area contributed by atoms with E-state index in [4.69, 9.17) is 16.3 Å². The minimum atomic E-state index is 0.0129. The van der Waals surface area contributed by atoms with Gasteiger partial charge in [0.2, 0.25) is 5.91 Å². The summed E-state index contributed by atoms with van der Waals surface area (Å²) in [7, 11) is 1.65. The summed E-state index contributed by atoms with van der Waals surface area (Å²) in [6.45, 7) is 4.27. The first-order valence-electron chi connectivity index (χ1n) is 11.4. The number of fused-ring (bicyclic) bond motifs is 1. The molecule has 1 N–H and O–H groups in total. The Balaban J connectivity index is 1.29. The molecule has 7 heteroatoms. The number of likely N-dealkylation sites (tertiary alicyclic amines) is 1. The third kappa shape index (κ3) is 5.03. The van der Waals surface area contributed by atoms with Crippen LogP contribution >= 0.6 is 22.9 Å². The van der Waals surface area contributed by atoms with Gasteiger partial charge in [-0.15, -0.1) is 11.3 Å². The summed E-state index contributed by atoms with van der Waals surface area (Å²) in [5.41, 5.74) is 4.47. The average Bonchev–Trinajstić information content (AvgIpc) is 3.49. The number of nitrogens with zero attached hydrogens (tertiary/aromatic N) is 2. The van der Waals surface area contributed by atoms with E-state index in [1.807, 2.05) is 35.6 Å². The van der Waals surface area contributed by atoms with Gasteiger partial charge >= 0.3 is 0 Å². The molecule has 0 bridgehead atoms. The van der Waals surface area contributed by atoms with Crippen LogP contribution in [0, 0.1) is 0 Å². The van der Waals surface area contributed by atoms with Crippen LogP contribution in [0.25, 0.3) is 10.4 Å². The number of thiophene rings is 1. The molecule has 5 rings (SSSR count).